The minimum Gasteiger partial charge on any atom is -0.306 e. The standard InChI is InChI=1S/C21H14N2O/c1-14-5-4-6-15(13-14)9-10-16-11-12-22-20-19(16)17-7-2-3-8-18(17)21(24)23-20/h2-8,11-13H,1H3,(H,22,23,24). The Labute approximate surface area is 139 Å². The molecule has 0 aliphatic rings. The van der Waals surface area contributed by atoms with E-state index in [0.717, 1.165) is 21.9 Å². The topological polar surface area (TPSA) is 45.8 Å². The van der Waals surface area contributed by atoms with Crippen molar-refractivity contribution in [2.24, 2.45) is 0 Å². The smallest absolute Gasteiger partial charge is 0.257 e. The van der Waals surface area contributed by atoms with E-state index in [-0.39, 0.29) is 5.56 Å². The number of hydrogen-bond donors (Lipinski definition) is 1. The molecule has 0 atom stereocenters. The van der Waals surface area contributed by atoms with Crippen LogP contribution in [0.1, 0.15) is 16.7 Å². The average Bonchev–Trinajstić information content (AvgIpc) is 2.60. The van der Waals surface area contributed by atoms with Crippen LogP contribution < -0.4 is 5.56 Å². The van der Waals surface area contributed by atoms with Crippen LogP contribution in [0.2, 0.25) is 0 Å². The Morgan fingerprint density at radius 2 is 1.79 bits per heavy atom. The number of fused-ring (bicyclic) bond motifs is 3. The van der Waals surface area contributed by atoms with Crippen molar-refractivity contribution in [3.8, 4) is 11.8 Å². The summed E-state index contributed by atoms with van der Waals surface area (Å²) in [5.41, 5.74) is 3.43. The van der Waals surface area contributed by atoms with Gasteiger partial charge < -0.3 is 4.98 Å². The highest BCUT2D eigenvalue weighted by atomic mass is 16.1. The second-order valence-electron chi connectivity index (χ2n) is 5.70. The molecule has 0 unspecified atom stereocenters. The Morgan fingerprint density at radius 1 is 0.958 bits per heavy atom. The molecule has 24 heavy (non-hydrogen) atoms. The molecule has 0 amide bonds. The Hall–Kier alpha value is -3.38. The lowest BCUT2D eigenvalue weighted by Gasteiger charge is -2.04. The summed E-state index contributed by atoms with van der Waals surface area (Å²) in [5, 5.41) is 2.40. The first-order valence-electron chi connectivity index (χ1n) is 7.71. The SMILES string of the molecule is Cc1cccc(C#Cc2ccnc3[nH]c(=O)c4ccccc4c23)c1. The van der Waals surface area contributed by atoms with E-state index in [9.17, 15) is 4.79 Å². The molecule has 0 saturated heterocycles. The van der Waals surface area contributed by atoms with Gasteiger partial charge in [-0.1, -0.05) is 42.2 Å². The molecule has 0 radical (unpaired) electrons. The molecule has 114 valence electrons. The number of hydrogen-bond acceptors (Lipinski definition) is 2. The fourth-order valence-electron chi connectivity index (χ4n) is 2.87. The van der Waals surface area contributed by atoms with Gasteiger partial charge in [-0.25, -0.2) is 4.98 Å². The van der Waals surface area contributed by atoms with Gasteiger partial charge in [-0.2, -0.15) is 0 Å². The second kappa shape index (κ2) is 5.68. The van der Waals surface area contributed by atoms with Crippen LogP contribution in [0.4, 0.5) is 0 Å². The van der Waals surface area contributed by atoms with E-state index in [0.29, 0.717) is 11.0 Å². The molecule has 1 N–H and O–H groups in total. The minimum atomic E-state index is -0.130. The largest absolute Gasteiger partial charge is 0.306 e. The normalized spacial score (nSPS) is 10.5. The monoisotopic (exact) mass is 310 g/mol. The van der Waals surface area contributed by atoms with Crippen LogP contribution in [0.3, 0.4) is 0 Å². The summed E-state index contributed by atoms with van der Waals surface area (Å²) in [7, 11) is 0. The Morgan fingerprint density at radius 3 is 2.62 bits per heavy atom. The summed E-state index contributed by atoms with van der Waals surface area (Å²) in [6.07, 6.45) is 1.67. The second-order valence-corrected chi connectivity index (χ2v) is 5.70. The fourth-order valence-corrected chi connectivity index (χ4v) is 2.87. The lowest BCUT2D eigenvalue weighted by atomic mass is 10.0. The van der Waals surface area contributed by atoms with Gasteiger partial charge in [-0.3, -0.25) is 4.79 Å². The molecule has 2 aromatic heterocycles. The van der Waals surface area contributed by atoms with Gasteiger partial charge >= 0.3 is 0 Å². The predicted molar refractivity (Wildman–Crippen MR) is 97.0 cm³/mol. The van der Waals surface area contributed by atoms with Gasteiger partial charge in [0.05, 0.1) is 0 Å². The maximum Gasteiger partial charge on any atom is 0.257 e. The van der Waals surface area contributed by atoms with Crippen molar-refractivity contribution in [3.63, 3.8) is 0 Å². The van der Waals surface area contributed by atoms with Crippen LogP contribution in [0.25, 0.3) is 21.8 Å². The first-order chi connectivity index (χ1) is 11.7. The van der Waals surface area contributed by atoms with E-state index in [1.165, 1.54) is 5.56 Å². The lowest BCUT2D eigenvalue weighted by Crippen LogP contribution is -2.07. The number of aromatic amines is 1. The van der Waals surface area contributed by atoms with Crippen molar-refractivity contribution in [1.29, 1.82) is 0 Å². The summed E-state index contributed by atoms with van der Waals surface area (Å²) < 4.78 is 0. The molecule has 0 aliphatic heterocycles. The molecule has 0 spiro atoms. The number of H-pyrrole nitrogens is 1. The van der Waals surface area contributed by atoms with Gasteiger partial charge in [-0.05, 0) is 42.1 Å². The van der Waals surface area contributed by atoms with Crippen molar-refractivity contribution in [2.75, 3.05) is 0 Å². The molecule has 2 heterocycles. The van der Waals surface area contributed by atoms with Crippen molar-refractivity contribution >= 4 is 21.8 Å². The molecule has 0 fully saturated rings. The average molecular weight is 310 g/mol. The molecule has 4 rings (SSSR count). The van der Waals surface area contributed by atoms with Crippen molar-refractivity contribution in [1.82, 2.24) is 9.97 Å². The molecule has 3 nitrogen and oxygen atoms in total. The fraction of sp³-hybridized carbons (Fsp3) is 0.0476. The quantitative estimate of drug-likeness (QED) is 0.397. The van der Waals surface area contributed by atoms with Gasteiger partial charge in [0.15, 0.2) is 0 Å². The zero-order valence-corrected chi connectivity index (χ0v) is 13.1. The summed E-state index contributed by atoms with van der Waals surface area (Å²) >= 11 is 0. The first-order valence-corrected chi connectivity index (χ1v) is 7.71. The van der Waals surface area contributed by atoms with E-state index in [2.05, 4.69) is 27.9 Å². The maximum atomic E-state index is 12.2. The molecule has 2 aromatic carbocycles. The van der Waals surface area contributed by atoms with Gasteiger partial charge in [-0.15, -0.1) is 0 Å². The first kappa shape index (κ1) is 14.2. The van der Waals surface area contributed by atoms with E-state index in [1.54, 1.807) is 6.20 Å². The predicted octanol–water partition coefficient (Wildman–Crippen LogP) is 3.78. The van der Waals surface area contributed by atoms with Gasteiger partial charge in [0.25, 0.3) is 5.56 Å². The molecule has 4 aromatic rings. The number of nitrogens with one attached hydrogen (secondary N) is 1. The molecule has 0 bridgehead atoms. The number of rotatable bonds is 0. The van der Waals surface area contributed by atoms with Gasteiger partial charge in [0.1, 0.15) is 5.65 Å². The molecule has 0 saturated carbocycles. The van der Waals surface area contributed by atoms with Crippen LogP contribution in [0.5, 0.6) is 0 Å². The van der Waals surface area contributed by atoms with E-state index < -0.39 is 0 Å². The van der Waals surface area contributed by atoms with Crippen LogP contribution in [-0.4, -0.2) is 9.97 Å². The highest BCUT2D eigenvalue weighted by Gasteiger charge is 2.08. The third kappa shape index (κ3) is 2.45. The number of nitrogens with zero attached hydrogens (tertiary/aromatic N) is 1. The number of pyridine rings is 2. The number of aryl methyl sites for hydroxylation is 1. The molecule has 3 heteroatoms. The summed E-state index contributed by atoms with van der Waals surface area (Å²) in [6.45, 7) is 2.05. The van der Waals surface area contributed by atoms with Crippen LogP contribution in [0, 0.1) is 18.8 Å². The Balaban J connectivity index is 2.00. The number of benzene rings is 2. The Bertz CT molecular complexity index is 1190. The zero-order valence-electron chi connectivity index (χ0n) is 13.1. The Kier molecular flexibility index (Phi) is 3.36. The summed E-state index contributed by atoms with van der Waals surface area (Å²) in [6, 6.07) is 17.5. The minimum absolute atomic E-state index is 0.130. The van der Waals surface area contributed by atoms with E-state index >= 15 is 0 Å². The molecule has 0 aliphatic carbocycles. The van der Waals surface area contributed by atoms with E-state index in [4.69, 9.17) is 0 Å². The van der Waals surface area contributed by atoms with Crippen LogP contribution in [0.15, 0.2) is 65.6 Å². The van der Waals surface area contributed by atoms with Gasteiger partial charge in [0.2, 0.25) is 0 Å². The molecular formula is C21H14N2O. The maximum absolute atomic E-state index is 12.2. The lowest BCUT2D eigenvalue weighted by molar-refractivity contribution is 1.25. The van der Waals surface area contributed by atoms with Crippen LogP contribution in [-0.2, 0) is 0 Å². The van der Waals surface area contributed by atoms with Crippen molar-refractivity contribution < 1.29 is 0 Å². The van der Waals surface area contributed by atoms with Crippen LogP contribution >= 0.6 is 0 Å². The number of aromatic nitrogens is 2. The highest BCUT2D eigenvalue weighted by molar-refractivity contribution is 6.06. The molecular weight excluding hydrogens is 296 g/mol. The van der Waals surface area contributed by atoms with E-state index in [1.807, 2.05) is 55.5 Å². The van der Waals surface area contributed by atoms with Crippen molar-refractivity contribution in [2.45, 2.75) is 6.92 Å². The third-order valence-electron chi connectivity index (χ3n) is 3.98. The zero-order chi connectivity index (χ0) is 16.5. The summed E-state index contributed by atoms with van der Waals surface area (Å²) in [4.78, 5) is 19.3. The van der Waals surface area contributed by atoms with Gasteiger partial charge in [0, 0.05) is 28.1 Å². The summed E-state index contributed by atoms with van der Waals surface area (Å²) in [5.74, 6) is 6.43. The highest BCUT2D eigenvalue weighted by Crippen LogP contribution is 2.22. The van der Waals surface area contributed by atoms with Crippen molar-refractivity contribution in [3.05, 3.63) is 87.8 Å². The third-order valence-corrected chi connectivity index (χ3v) is 3.98.